The molecule has 0 heterocycles. The molecule has 2 aromatic rings. The normalized spacial score (nSPS) is 11.0. The summed E-state index contributed by atoms with van der Waals surface area (Å²) >= 11 is 5.82. The Kier molecular flexibility index (Phi) is 5.14. The molecule has 25 heavy (non-hydrogen) atoms. The first-order chi connectivity index (χ1) is 11.7. The fourth-order valence-electron chi connectivity index (χ4n) is 1.91. The van der Waals surface area contributed by atoms with Gasteiger partial charge in [0.25, 0.3) is 10.0 Å². The average molecular weight is 387 g/mol. The summed E-state index contributed by atoms with van der Waals surface area (Å²) in [7, 11) is -3.18. The van der Waals surface area contributed by atoms with Crippen LogP contribution in [0.3, 0.4) is 0 Å². The Balaban J connectivity index is 2.50. The van der Waals surface area contributed by atoms with E-state index in [9.17, 15) is 28.4 Å². The summed E-state index contributed by atoms with van der Waals surface area (Å²) in [6, 6.07) is 6.39. The number of ether oxygens (including phenoxy) is 1. The molecule has 11 heteroatoms. The van der Waals surface area contributed by atoms with E-state index in [-0.39, 0.29) is 16.3 Å². The number of hydrogen-bond donors (Lipinski definition) is 2. The monoisotopic (exact) mass is 386 g/mol. The summed E-state index contributed by atoms with van der Waals surface area (Å²) in [5, 5.41) is 20.4. The molecule has 0 atom stereocenters. The van der Waals surface area contributed by atoms with Gasteiger partial charge in [0.05, 0.1) is 28.2 Å². The van der Waals surface area contributed by atoms with Crippen LogP contribution in [0.2, 0.25) is 5.02 Å². The van der Waals surface area contributed by atoms with E-state index in [2.05, 4.69) is 9.46 Å². The second-order valence-corrected chi connectivity index (χ2v) is 6.81. The highest BCUT2D eigenvalue weighted by Gasteiger charge is 2.23. The Bertz CT molecular complexity index is 960. The van der Waals surface area contributed by atoms with Gasteiger partial charge in [-0.15, -0.1) is 0 Å². The molecular formula is C14H11ClN2O7S. The first-order valence-electron chi connectivity index (χ1n) is 6.54. The first kappa shape index (κ1) is 18.5. The number of nitrogens with one attached hydrogen (secondary N) is 1. The average Bonchev–Trinajstić information content (AvgIpc) is 2.53. The standard InChI is InChI=1S/C14H11ClN2O7S/c1-24-14(19)10-4-2-8(15)6-11(10)16-25(22,23)9-3-5-13(18)12(7-9)17(20)21/h2-7,16,18H,1H3. The maximum atomic E-state index is 12.5. The van der Waals surface area contributed by atoms with Crippen LogP contribution in [0.15, 0.2) is 41.3 Å². The molecule has 9 nitrogen and oxygen atoms in total. The fourth-order valence-corrected chi connectivity index (χ4v) is 3.17. The number of carbonyl (C=O) groups is 1. The lowest BCUT2D eigenvalue weighted by atomic mass is 10.2. The lowest BCUT2D eigenvalue weighted by Crippen LogP contribution is -2.16. The van der Waals surface area contributed by atoms with E-state index >= 15 is 0 Å². The van der Waals surface area contributed by atoms with Crippen molar-refractivity contribution in [2.24, 2.45) is 0 Å². The van der Waals surface area contributed by atoms with Crippen LogP contribution >= 0.6 is 11.6 Å². The van der Waals surface area contributed by atoms with Crippen molar-refractivity contribution >= 4 is 39.0 Å². The number of halogens is 1. The van der Waals surface area contributed by atoms with Crippen molar-refractivity contribution in [3.05, 3.63) is 57.1 Å². The zero-order valence-electron chi connectivity index (χ0n) is 12.6. The Morgan fingerprint density at radius 1 is 1.28 bits per heavy atom. The molecule has 2 N–H and O–H groups in total. The number of carbonyl (C=O) groups excluding carboxylic acids is 1. The number of methoxy groups -OCH3 is 1. The van der Waals surface area contributed by atoms with Gasteiger partial charge in [-0.3, -0.25) is 14.8 Å². The molecule has 0 aliphatic heterocycles. The molecule has 0 fully saturated rings. The molecule has 2 aromatic carbocycles. The van der Waals surface area contributed by atoms with Crippen molar-refractivity contribution in [3.63, 3.8) is 0 Å². The molecule has 0 radical (unpaired) electrons. The number of hydrogen-bond acceptors (Lipinski definition) is 7. The molecule has 0 unspecified atom stereocenters. The van der Waals surface area contributed by atoms with Crippen molar-refractivity contribution in [2.75, 3.05) is 11.8 Å². The quantitative estimate of drug-likeness (QED) is 0.457. The zero-order chi connectivity index (χ0) is 18.8. The van der Waals surface area contributed by atoms with Gasteiger partial charge in [0.1, 0.15) is 0 Å². The second-order valence-electron chi connectivity index (χ2n) is 4.69. The fraction of sp³-hybridized carbons (Fsp3) is 0.0714. The molecule has 0 aliphatic rings. The summed E-state index contributed by atoms with van der Waals surface area (Å²) in [6.45, 7) is 0. The number of phenolic OH excluding ortho intramolecular Hbond substituents is 1. The summed E-state index contributed by atoms with van der Waals surface area (Å²) in [6.07, 6.45) is 0. The minimum Gasteiger partial charge on any atom is -0.502 e. The number of aromatic hydroxyl groups is 1. The Morgan fingerprint density at radius 2 is 1.96 bits per heavy atom. The van der Waals surface area contributed by atoms with Gasteiger partial charge in [-0.2, -0.15) is 0 Å². The molecule has 0 aromatic heterocycles. The third kappa shape index (κ3) is 3.98. The minimum atomic E-state index is -4.30. The Hall–Kier alpha value is -2.85. The van der Waals surface area contributed by atoms with E-state index < -0.39 is 37.2 Å². The van der Waals surface area contributed by atoms with Crippen LogP contribution < -0.4 is 4.72 Å². The van der Waals surface area contributed by atoms with E-state index in [1.165, 1.54) is 18.2 Å². The van der Waals surface area contributed by atoms with Gasteiger partial charge < -0.3 is 9.84 Å². The summed E-state index contributed by atoms with van der Waals surface area (Å²) < 4.78 is 31.6. The van der Waals surface area contributed by atoms with E-state index in [4.69, 9.17) is 11.6 Å². The van der Waals surface area contributed by atoms with Crippen LogP contribution in [0, 0.1) is 10.1 Å². The van der Waals surface area contributed by atoms with E-state index in [1.54, 1.807) is 0 Å². The van der Waals surface area contributed by atoms with Gasteiger partial charge in [-0.05, 0) is 30.3 Å². The molecule has 0 spiro atoms. The van der Waals surface area contributed by atoms with Gasteiger partial charge >= 0.3 is 11.7 Å². The predicted molar refractivity (Wildman–Crippen MR) is 88.4 cm³/mol. The third-order valence-corrected chi connectivity index (χ3v) is 4.68. The van der Waals surface area contributed by atoms with Crippen LogP contribution in [0.1, 0.15) is 10.4 Å². The number of esters is 1. The summed E-state index contributed by atoms with van der Waals surface area (Å²) in [5.74, 6) is -1.48. The number of anilines is 1. The highest BCUT2D eigenvalue weighted by molar-refractivity contribution is 7.92. The van der Waals surface area contributed by atoms with Crippen LogP contribution in [-0.2, 0) is 14.8 Å². The van der Waals surface area contributed by atoms with Crippen molar-refractivity contribution in [1.82, 2.24) is 0 Å². The van der Waals surface area contributed by atoms with E-state index in [0.29, 0.717) is 6.07 Å². The van der Waals surface area contributed by atoms with Crippen molar-refractivity contribution < 1.29 is 28.0 Å². The minimum absolute atomic E-state index is 0.0937. The molecule has 0 amide bonds. The summed E-state index contributed by atoms with van der Waals surface area (Å²) in [4.78, 5) is 21.2. The van der Waals surface area contributed by atoms with Gasteiger partial charge in [0.15, 0.2) is 5.75 Å². The smallest absolute Gasteiger partial charge is 0.339 e. The third-order valence-electron chi connectivity index (χ3n) is 3.09. The maximum absolute atomic E-state index is 12.5. The first-order valence-corrected chi connectivity index (χ1v) is 8.40. The number of nitrogens with zero attached hydrogens (tertiary/aromatic N) is 1. The van der Waals surface area contributed by atoms with Crippen molar-refractivity contribution in [2.45, 2.75) is 4.90 Å². The topological polar surface area (TPSA) is 136 Å². The predicted octanol–water partition coefficient (Wildman–Crippen LogP) is 2.54. The Labute approximate surface area is 147 Å². The molecule has 0 bridgehead atoms. The van der Waals surface area contributed by atoms with Gasteiger partial charge in [0, 0.05) is 11.1 Å². The number of nitro groups is 1. The van der Waals surface area contributed by atoms with Crippen LogP contribution in [0.5, 0.6) is 5.75 Å². The Morgan fingerprint density at radius 3 is 2.56 bits per heavy atom. The van der Waals surface area contributed by atoms with Gasteiger partial charge in [-0.25, -0.2) is 13.2 Å². The lowest BCUT2D eigenvalue weighted by molar-refractivity contribution is -0.386. The largest absolute Gasteiger partial charge is 0.502 e. The number of sulfonamides is 1. The molecule has 0 aliphatic carbocycles. The molecule has 0 saturated heterocycles. The zero-order valence-corrected chi connectivity index (χ0v) is 14.2. The molecular weight excluding hydrogens is 376 g/mol. The number of phenols is 1. The SMILES string of the molecule is COC(=O)c1ccc(Cl)cc1NS(=O)(=O)c1ccc(O)c([N+](=O)[O-])c1. The molecule has 132 valence electrons. The van der Waals surface area contributed by atoms with Crippen molar-refractivity contribution in [3.8, 4) is 5.75 Å². The lowest BCUT2D eigenvalue weighted by Gasteiger charge is -2.12. The number of nitro benzene ring substituents is 1. The number of rotatable bonds is 5. The maximum Gasteiger partial charge on any atom is 0.339 e. The van der Waals surface area contributed by atoms with Crippen LogP contribution in [0.25, 0.3) is 0 Å². The van der Waals surface area contributed by atoms with E-state index in [1.807, 2.05) is 0 Å². The van der Waals surface area contributed by atoms with Crippen LogP contribution in [-0.4, -0.2) is 31.5 Å². The number of benzene rings is 2. The molecule has 2 rings (SSSR count). The highest BCUT2D eigenvalue weighted by atomic mass is 35.5. The van der Waals surface area contributed by atoms with Gasteiger partial charge in [0.2, 0.25) is 0 Å². The van der Waals surface area contributed by atoms with Crippen LogP contribution in [0.4, 0.5) is 11.4 Å². The summed E-state index contributed by atoms with van der Waals surface area (Å²) in [5.41, 5.74) is -1.03. The van der Waals surface area contributed by atoms with Crippen molar-refractivity contribution in [1.29, 1.82) is 0 Å². The van der Waals surface area contributed by atoms with Gasteiger partial charge in [-0.1, -0.05) is 11.6 Å². The highest BCUT2D eigenvalue weighted by Crippen LogP contribution is 2.30. The van der Waals surface area contributed by atoms with E-state index in [0.717, 1.165) is 19.2 Å². The second kappa shape index (κ2) is 6.95. The molecule has 0 saturated carbocycles.